The Bertz CT molecular complexity index is 462. The molecule has 0 unspecified atom stereocenters. The van der Waals surface area contributed by atoms with Crippen LogP contribution in [0, 0.1) is 0 Å². The van der Waals surface area contributed by atoms with Crippen molar-refractivity contribution in [3.63, 3.8) is 0 Å². The molecule has 0 aliphatic heterocycles. The fraction of sp³-hybridized carbons (Fsp3) is 0.500. The molecule has 5 heteroatoms. The van der Waals surface area contributed by atoms with Gasteiger partial charge in [-0.2, -0.15) is 0 Å². The number of hydrogen-bond acceptors (Lipinski definition) is 4. The number of para-hydroxylation sites is 1. The molecule has 1 aliphatic rings. The predicted molar refractivity (Wildman–Crippen MR) is 73.1 cm³/mol. The second-order valence-corrected chi connectivity index (χ2v) is 4.85. The van der Waals surface area contributed by atoms with Gasteiger partial charge in [0.1, 0.15) is 5.75 Å². The first kappa shape index (κ1) is 13.7. The summed E-state index contributed by atoms with van der Waals surface area (Å²) in [7, 11) is 1.51. The van der Waals surface area contributed by atoms with Crippen LogP contribution in [0.25, 0.3) is 0 Å². The lowest BCUT2D eigenvalue weighted by Gasteiger charge is -2.28. The lowest BCUT2D eigenvalue weighted by molar-refractivity contribution is 0.0717. The number of hydrogen-bond donors (Lipinski definition) is 3. The summed E-state index contributed by atoms with van der Waals surface area (Å²) in [6.07, 6.45) is 3.10. The molecule has 0 heterocycles. The second kappa shape index (κ2) is 5.93. The van der Waals surface area contributed by atoms with Gasteiger partial charge in [0.25, 0.3) is 5.91 Å². The minimum Gasteiger partial charge on any atom is -0.495 e. The molecule has 0 bridgehead atoms. The van der Waals surface area contributed by atoms with Gasteiger partial charge in [0.2, 0.25) is 0 Å². The van der Waals surface area contributed by atoms with Crippen LogP contribution >= 0.6 is 0 Å². The van der Waals surface area contributed by atoms with Crippen molar-refractivity contribution in [2.75, 3.05) is 12.8 Å². The van der Waals surface area contributed by atoms with Crippen LogP contribution in [0.5, 0.6) is 5.75 Å². The number of anilines is 1. The number of amides is 1. The predicted octanol–water partition coefficient (Wildman–Crippen LogP) is 1.31. The molecule has 5 nitrogen and oxygen atoms in total. The van der Waals surface area contributed by atoms with Crippen LogP contribution in [0.3, 0.4) is 0 Å². The largest absolute Gasteiger partial charge is 0.495 e. The zero-order valence-electron chi connectivity index (χ0n) is 11.1. The van der Waals surface area contributed by atoms with Crippen molar-refractivity contribution in [2.45, 2.75) is 37.8 Å². The molecule has 0 radical (unpaired) electrons. The Labute approximate surface area is 112 Å². The molecule has 1 aromatic rings. The lowest BCUT2D eigenvalue weighted by Crippen LogP contribution is -2.45. The van der Waals surface area contributed by atoms with Crippen molar-refractivity contribution < 1.29 is 14.6 Å². The van der Waals surface area contributed by atoms with Crippen LogP contribution in [0.2, 0.25) is 0 Å². The molecule has 1 fully saturated rings. The number of carbonyl (C=O) groups excluding carboxylic acids is 1. The monoisotopic (exact) mass is 264 g/mol. The van der Waals surface area contributed by atoms with Crippen LogP contribution in [0.15, 0.2) is 18.2 Å². The average Bonchev–Trinajstić information content (AvgIpc) is 2.41. The molecule has 104 valence electrons. The fourth-order valence-corrected chi connectivity index (χ4v) is 2.45. The van der Waals surface area contributed by atoms with E-state index in [0.717, 1.165) is 25.7 Å². The first-order chi connectivity index (χ1) is 9.13. The molecule has 0 aromatic heterocycles. The molecule has 2 rings (SSSR count). The van der Waals surface area contributed by atoms with Crippen molar-refractivity contribution >= 4 is 11.6 Å². The molecular formula is C14H20N2O3. The standard InChI is InChI=1S/C14H20N2O3/c1-19-12-8-4-5-9(13(12)15)14(18)16-10-6-2-3-7-11(10)17/h4-5,8,10-11,17H,2-3,6-7,15H2,1H3,(H,16,18)/t10-,11-/m0/s1. The topological polar surface area (TPSA) is 84.6 Å². The van der Waals surface area contributed by atoms with E-state index in [2.05, 4.69) is 5.32 Å². The van der Waals surface area contributed by atoms with E-state index >= 15 is 0 Å². The number of benzene rings is 1. The number of aliphatic hydroxyl groups excluding tert-OH is 1. The summed E-state index contributed by atoms with van der Waals surface area (Å²) in [4.78, 5) is 12.2. The third-order valence-electron chi connectivity index (χ3n) is 3.58. The second-order valence-electron chi connectivity index (χ2n) is 4.85. The third-order valence-corrected chi connectivity index (χ3v) is 3.58. The van der Waals surface area contributed by atoms with Gasteiger partial charge in [0.15, 0.2) is 0 Å². The summed E-state index contributed by atoms with van der Waals surface area (Å²) in [5, 5.41) is 12.7. The Morgan fingerprint density at radius 2 is 2.16 bits per heavy atom. The van der Waals surface area contributed by atoms with Crippen LogP contribution in [-0.4, -0.2) is 30.3 Å². The van der Waals surface area contributed by atoms with E-state index in [1.807, 2.05) is 0 Å². The van der Waals surface area contributed by atoms with Gasteiger partial charge in [0.05, 0.1) is 30.5 Å². The number of ether oxygens (including phenoxy) is 1. The van der Waals surface area contributed by atoms with Crippen LogP contribution in [0.1, 0.15) is 36.0 Å². The Balaban J connectivity index is 2.11. The number of aliphatic hydroxyl groups is 1. The highest BCUT2D eigenvalue weighted by Gasteiger charge is 2.25. The highest BCUT2D eigenvalue weighted by Crippen LogP contribution is 2.25. The number of methoxy groups -OCH3 is 1. The van der Waals surface area contributed by atoms with E-state index in [1.54, 1.807) is 18.2 Å². The van der Waals surface area contributed by atoms with E-state index in [4.69, 9.17) is 10.5 Å². The Morgan fingerprint density at radius 1 is 1.42 bits per heavy atom. The normalized spacial score (nSPS) is 22.8. The number of rotatable bonds is 3. The summed E-state index contributed by atoms with van der Waals surface area (Å²) in [6.45, 7) is 0. The number of nitrogens with one attached hydrogen (secondary N) is 1. The van der Waals surface area contributed by atoms with Crippen LogP contribution < -0.4 is 15.8 Å². The van der Waals surface area contributed by atoms with Gasteiger partial charge in [-0.25, -0.2) is 0 Å². The maximum atomic E-state index is 12.2. The molecule has 1 amide bonds. The zero-order chi connectivity index (χ0) is 13.8. The number of carbonyl (C=O) groups is 1. The van der Waals surface area contributed by atoms with Gasteiger partial charge in [-0.05, 0) is 25.0 Å². The Hall–Kier alpha value is -1.75. The van der Waals surface area contributed by atoms with Crippen molar-refractivity contribution in [2.24, 2.45) is 0 Å². The van der Waals surface area contributed by atoms with Gasteiger partial charge in [-0.15, -0.1) is 0 Å². The summed E-state index contributed by atoms with van der Waals surface area (Å²) in [5.41, 5.74) is 6.60. The third kappa shape index (κ3) is 2.98. The summed E-state index contributed by atoms with van der Waals surface area (Å²) < 4.78 is 5.09. The van der Waals surface area contributed by atoms with Gasteiger partial charge in [-0.3, -0.25) is 4.79 Å². The zero-order valence-corrected chi connectivity index (χ0v) is 11.1. The van der Waals surface area contributed by atoms with Crippen LogP contribution in [0.4, 0.5) is 5.69 Å². The summed E-state index contributed by atoms with van der Waals surface area (Å²) in [6, 6.07) is 4.90. The molecule has 1 saturated carbocycles. The van der Waals surface area contributed by atoms with E-state index in [0.29, 0.717) is 17.0 Å². The number of nitrogen functional groups attached to an aromatic ring is 1. The summed E-state index contributed by atoms with van der Waals surface area (Å²) in [5.74, 6) is 0.221. The molecule has 0 spiro atoms. The van der Waals surface area contributed by atoms with Crippen molar-refractivity contribution in [3.8, 4) is 5.75 Å². The minimum atomic E-state index is -0.468. The number of nitrogens with two attached hydrogens (primary N) is 1. The van der Waals surface area contributed by atoms with Gasteiger partial charge < -0.3 is 20.9 Å². The van der Waals surface area contributed by atoms with E-state index in [1.165, 1.54) is 7.11 Å². The first-order valence-electron chi connectivity index (χ1n) is 6.55. The minimum absolute atomic E-state index is 0.188. The molecule has 1 aromatic carbocycles. The SMILES string of the molecule is COc1cccc(C(=O)N[C@H]2CCCC[C@@H]2O)c1N. The van der Waals surface area contributed by atoms with Gasteiger partial charge in [0, 0.05) is 0 Å². The molecular weight excluding hydrogens is 244 g/mol. The van der Waals surface area contributed by atoms with Gasteiger partial charge in [-0.1, -0.05) is 18.9 Å². The highest BCUT2D eigenvalue weighted by molar-refractivity contribution is 6.00. The summed E-state index contributed by atoms with van der Waals surface area (Å²) >= 11 is 0. The Kier molecular flexibility index (Phi) is 4.27. The first-order valence-corrected chi connectivity index (χ1v) is 6.55. The van der Waals surface area contributed by atoms with Crippen LogP contribution in [-0.2, 0) is 0 Å². The van der Waals surface area contributed by atoms with Gasteiger partial charge >= 0.3 is 0 Å². The maximum absolute atomic E-state index is 12.2. The maximum Gasteiger partial charge on any atom is 0.253 e. The molecule has 1 aliphatic carbocycles. The fourth-order valence-electron chi connectivity index (χ4n) is 2.45. The molecule has 19 heavy (non-hydrogen) atoms. The molecule has 0 saturated heterocycles. The van der Waals surface area contributed by atoms with E-state index in [-0.39, 0.29) is 11.9 Å². The molecule has 4 N–H and O–H groups in total. The smallest absolute Gasteiger partial charge is 0.253 e. The highest BCUT2D eigenvalue weighted by atomic mass is 16.5. The lowest BCUT2D eigenvalue weighted by atomic mass is 9.92. The van der Waals surface area contributed by atoms with E-state index < -0.39 is 6.10 Å². The Morgan fingerprint density at radius 3 is 2.84 bits per heavy atom. The quantitative estimate of drug-likeness (QED) is 0.719. The van der Waals surface area contributed by atoms with Crippen molar-refractivity contribution in [3.05, 3.63) is 23.8 Å². The van der Waals surface area contributed by atoms with E-state index in [9.17, 15) is 9.90 Å². The molecule has 2 atom stereocenters. The van der Waals surface area contributed by atoms with Crippen molar-refractivity contribution in [1.82, 2.24) is 5.32 Å². The average molecular weight is 264 g/mol. The van der Waals surface area contributed by atoms with Crippen molar-refractivity contribution in [1.29, 1.82) is 0 Å².